The Balaban J connectivity index is 3.19. The monoisotopic (exact) mass is 261 g/mol. The Morgan fingerprint density at radius 3 is 2.88 bits per heavy atom. The van der Waals surface area contributed by atoms with E-state index in [0.29, 0.717) is 5.56 Å². The van der Waals surface area contributed by atoms with E-state index in [4.69, 9.17) is 5.26 Å². The minimum atomic E-state index is -2.38. The van der Waals surface area contributed by atoms with Crippen LogP contribution in [0.3, 0.4) is 0 Å². The van der Waals surface area contributed by atoms with Gasteiger partial charge in [-0.1, -0.05) is 11.1 Å². The van der Waals surface area contributed by atoms with E-state index in [9.17, 15) is 14.3 Å². The summed E-state index contributed by atoms with van der Waals surface area (Å²) >= 11 is 0. The Hall–Kier alpha value is -1.84. The van der Waals surface area contributed by atoms with Gasteiger partial charge in [-0.15, -0.1) is 0 Å². The zero-order valence-electron chi connectivity index (χ0n) is 8.47. The molecule has 0 unspecified atom stereocenters. The molecule has 0 saturated heterocycles. The fourth-order valence-corrected chi connectivity index (χ4v) is 1.22. The molecule has 1 aromatic carbocycles. The topological polar surface area (TPSA) is 125 Å². The second-order valence-corrected chi connectivity index (χ2v) is 3.52. The first kappa shape index (κ1) is 13.2. The SMILES string of the molecule is Cc1ccc(N=[N+]=[S-](=O)OOO)c([N+](=O)[O-])c1. The van der Waals surface area contributed by atoms with Crippen LogP contribution in [0.25, 0.3) is 0 Å². The molecule has 0 atom stereocenters. The van der Waals surface area contributed by atoms with Gasteiger partial charge in [0.2, 0.25) is 5.69 Å². The van der Waals surface area contributed by atoms with Gasteiger partial charge in [-0.3, -0.25) is 10.1 Å². The zero-order valence-corrected chi connectivity index (χ0v) is 9.29. The predicted molar refractivity (Wildman–Crippen MR) is 54.9 cm³/mol. The number of nitro groups is 1. The molecule has 0 fully saturated rings. The number of nitrogens with zero attached hydrogens (tertiary/aromatic N) is 3. The van der Waals surface area contributed by atoms with Crippen molar-refractivity contribution in [2.45, 2.75) is 6.92 Å². The van der Waals surface area contributed by atoms with Crippen molar-refractivity contribution < 1.29 is 23.8 Å². The molecule has 1 rings (SSSR count). The summed E-state index contributed by atoms with van der Waals surface area (Å²) in [4.78, 5) is 10.0. The molecule has 0 aromatic heterocycles. The van der Waals surface area contributed by atoms with Crippen molar-refractivity contribution in [2.24, 2.45) is 5.11 Å². The first-order chi connectivity index (χ1) is 8.04. The van der Waals surface area contributed by atoms with E-state index in [1.807, 2.05) is 0 Å². The van der Waals surface area contributed by atoms with Gasteiger partial charge in [-0.2, -0.15) is 0 Å². The van der Waals surface area contributed by atoms with Crippen molar-refractivity contribution in [3.8, 4) is 0 Å². The molecule has 1 N–H and O–H groups in total. The van der Waals surface area contributed by atoms with Crippen LogP contribution >= 0.6 is 0 Å². The maximum atomic E-state index is 10.7. The van der Waals surface area contributed by atoms with Gasteiger partial charge in [-0.05, 0) is 22.7 Å². The maximum absolute atomic E-state index is 10.7. The van der Waals surface area contributed by atoms with Crippen LogP contribution in [0.5, 0.6) is 0 Å². The van der Waals surface area contributed by atoms with E-state index in [2.05, 4.69) is 18.6 Å². The van der Waals surface area contributed by atoms with Gasteiger partial charge in [0.25, 0.3) is 10.9 Å². The van der Waals surface area contributed by atoms with Crippen LogP contribution in [0.2, 0.25) is 0 Å². The van der Waals surface area contributed by atoms with Crippen LogP contribution in [0.1, 0.15) is 5.56 Å². The fourth-order valence-electron chi connectivity index (χ4n) is 0.981. The minimum Gasteiger partial charge on any atom is -0.349 e. The number of aryl methyl sites for hydroxylation is 1. The van der Waals surface area contributed by atoms with Crippen LogP contribution < -0.4 is 4.16 Å². The van der Waals surface area contributed by atoms with Crippen LogP contribution in [-0.4, -0.2) is 10.2 Å². The summed E-state index contributed by atoms with van der Waals surface area (Å²) in [5, 5.41) is 24.9. The number of hydrogen-bond donors (Lipinski definition) is 1. The van der Waals surface area contributed by atoms with Gasteiger partial charge in [-0.25, -0.2) is 9.59 Å². The summed E-state index contributed by atoms with van der Waals surface area (Å²) in [7, 11) is -2.38. The van der Waals surface area contributed by atoms with Gasteiger partial charge in [0.1, 0.15) is 5.11 Å². The van der Waals surface area contributed by atoms with Gasteiger partial charge in [0, 0.05) is 6.07 Å². The molecule has 0 aliphatic heterocycles. The quantitative estimate of drug-likeness (QED) is 0.219. The summed E-state index contributed by atoms with van der Waals surface area (Å²) in [5.74, 6) is 0. The minimum absolute atomic E-state index is 0.0875. The summed E-state index contributed by atoms with van der Waals surface area (Å²) < 4.78 is 17.5. The third-order valence-electron chi connectivity index (χ3n) is 1.63. The highest BCUT2D eigenvalue weighted by Gasteiger charge is 2.15. The maximum Gasteiger partial charge on any atom is 0.302 e. The van der Waals surface area contributed by atoms with Gasteiger partial charge in [0.05, 0.1) is 4.92 Å². The lowest BCUT2D eigenvalue weighted by Gasteiger charge is -1.93. The van der Waals surface area contributed by atoms with Crippen molar-refractivity contribution in [3.63, 3.8) is 0 Å². The highest BCUT2D eigenvalue weighted by molar-refractivity contribution is 7.68. The third kappa shape index (κ3) is 3.90. The zero-order chi connectivity index (χ0) is 12.8. The second kappa shape index (κ2) is 6.03. The predicted octanol–water partition coefficient (Wildman–Crippen LogP) is 1.54. The standard InChI is InChI=1S/C7H7N3O6S/c1-5-2-3-6(7(4-5)10(11)12)8-9-17(14)16-15-13/h2-4,13H,1H3. The van der Waals surface area contributed by atoms with E-state index in [0.717, 1.165) is 0 Å². The Morgan fingerprint density at radius 2 is 2.29 bits per heavy atom. The summed E-state index contributed by atoms with van der Waals surface area (Å²) in [6, 6.07) is 4.21. The molecule has 0 aliphatic carbocycles. The number of hydrogen-bond acceptors (Lipinski definition) is 8. The molecule has 0 aliphatic rings. The molecule has 9 nitrogen and oxygen atoms in total. The summed E-state index contributed by atoms with van der Waals surface area (Å²) in [6.45, 7) is 1.68. The lowest BCUT2D eigenvalue weighted by Crippen LogP contribution is -1.90. The molecule has 10 heteroatoms. The van der Waals surface area contributed by atoms with Crippen LogP contribution in [0.15, 0.2) is 23.3 Å². The van der Waals surface area contributed by atoms with Crippen molar-refractivity contribution in [3.05, 3.63) is 33.9 Å². The largest absolute Gasteiger partial charge is 0.349 e. The van der Waals surface area contributed by atoms with Crippen molar-refractivity contribution in [2.75, 3.05) is 0 Å². The van der Waals surface area contributed by atoms with Gasteiger partial charge < -0.3 is 4.21 Å². The highest BCUT2D eigenvalue weighted by Crippen LogP contribution is 2.27. The Bertz CT molecular complexity index is 547. The van der Waals surface area contributed by atoms with Crippen LogP contribution in [-0.2, 0) is 24.5 Å². The Labute approximate surface area is 96.7 Å². The lowest BCUT2D eigenvalue weighted by molar-refractivity contribution is -0.434. The first-order valence-electron chi connectivity index (χ1n) is 4.12. The van der Waals surface area contributed by atoms with E-state index in [-0.39, 0.29) is 11.4 Å². The van der Waals surface area contributed by atoms with Crippen molar-refractivity contribution in [1.82, 2.24) is 4.16 Å². The molecule has 92 valence electrons. The van der Waals surface area contributed by atoms with E-state index in [1.54, 1.807) is 13.0 Å². The second-order valence-electron chi connectivity index (χ2n) is 2.79. The van der Waals surface area contributed by atoms with Gasteiger partial charge >= 0.3 is 5.69 Å². The Kier molecular flexibility index (Phi) is 4.69. The third-order valence-corrected chi connectivity index (χ3v) is 2.02. The molecule has 0 spiro atoms. The number of benzene rings is 1. The molecule has 17 heavy (non-hydrogen) atoms. The highest BCUT2D eigenvalue weighted by atomic mass is 32.2. The molecule has 0 heterocycles. The van der Waals surface area contributed by atoms with E-state index >= 15 is 0 Å². The molecule has 0 amide bonds. The lowest BCUT2D eigenvalue weighted by atomic mass is 10.2. The smallest absolute Gasteiger partial charge is 0.302 e. The van der Waals surface area contributed by atoms with Gasteiger partial charge in [0.15, 0.2) is 0 Å². The molecular formula is C7H7N3O6S. The van der Waals surface area contributed by atoms with Crippen LogP contribution in [0.4, 0.5) is 11.4 Å². The fraction of sp³-hybridized carbons (Fsp3) is 0.143. The molecular weight excluding hydrogens is 254 g/mol. The van der Waals surface area contributed by atoms with Crippen molar-refractivity contribution in [1.29, 1.82) is 0 Å². The molecule has 1 aromatic rings. The average Bonchev–Trinajstić information content (AvgIpc) is 2.27. The average molecular weight is 261 g/mol. The number of nitro benzene ring substituents is 1. The van der Waals surface area contributed by atoms with Crippen LogP contribution in [0, 0.1) is 17.0 Å². The summed E-state index contributed by atoms with van der Waals surface area (Å²) in [5.41, 5.74) is 0.304. The molecule has 0 saturated carbocycles. The Morgan fingerprint density at radius 1 is 1.59 bits per heavy atom. The molecule has 0 radical (unpaired) electrons. The number of rotatable bonds is 4. The van der Waals surface area contributed by atoms with E-state index in [1.165, 1.54) is 12.1 Å². The summed E-state index contributed by atoms with van der Waals surface area (Å²) in [6.07, 6.45) is 0. The molecule has 0 bridgehead atoms. The first-order valence-corrected chi connectivity index (χ1v) is 5.15. The van der Waals surface area contributed by atoms with Crippen molar-refractivity contribution >= 4 is 22.3 Å². The van der Waals surface area contributed by atoms with E-state index < -0.39 is 15.8 Å². The normalized spacial score (nSPS) is 10.1.